The lowest BCUT2D eigenvalue weighted by atomic mass is 9.81. The summed E-state index contributed by atoms with van der Waals surface area (Å²) in [6.07, 6.45) is 8.65. The Morgan fingerprint density at radius 2 is 1.64 bits per heavy atom. The number of benzene rings is 2. The molecule has 4 nitrogen and oxygen atoms in total. The minimum absolute atomic E-state index is 0.0822. The Morgan fingerprint density at radius 1 is 0.972 bits per heavy atom. The number of nitrogens with one attached hydrogen (secondary N) is 1. The molecule has 4 heteroatoms. The van der Waals surface area contributed by atoms with Crippen LogP contribution in [-0.4, -0.2) is 17.1 Å². The van der Waals surface area contributed by atoms with Crippen LogP contribution in [0.2, 0.25) is 0 Å². The molecule has 0 spiro atoms. The molecule has 0 amide bonds. The molecule has 0 saturated heterocycles. The number of hydrogen-bond donors (Lipinski definition) is 1. The lowest BCUT2D eigenvalue weighted by Gasteiger charge is -2.37. The smallest absolute Gasteiger partial charge is 0.198 e. The summed E-state index contributed by atoms with van der Waals surface area (Å²) in [6, 6.07) is 13.5. The van der Waals surface area contributed by atoms with Gasteiger partial charge in [-0.25, -0.2) is 0 Å². The summed E-state index contributed by atoms with van der Waals surface area (Å²) in [6.45, 7) is 12.9. The number of carbonyl (C=O) groups excluding carboxylic acids is 2. The first kappa shape index (κ1) is 24.1. The molecular weight excluding hydrogens is 446 g/mol. The second-order valence-electron chi connectivity index (χ2n) is 11.7. The third-order valence-electron chi connectivity index (χ3n) is 7.05. The molecule has 2 aromatic rings. The first-order valence-corrected chi connectivity index (χ1v) is 12.6. The van der Waals surface area contributed by atoms with Crippen LogP contribution in [0.4, 0.5) is 5.69 Å². The standard InChI is InChI=1S/C32H33NO3/c1-19-18-32(5,6)33-26-14-12-20(15-25(19)26)11-13-22-16-21(17-27(36-22)31(2,3)4)28-29(34)23-9-7-8-10-24(23)30(28)35/h7-17,19,33H,18H2,1-6H3. The van der Waals surface area contributed by atoms with Crippen LogP contribution >= 0.6 is 0 Å². The van der Waals surface area contributed by atoms with E-state index < -0.39 is 0 Å². The van der Waals surface area contributed by atoms with Gasteiger partial charge >= 0.3 is 0 Å². The molecule has 0 saturated carbocycles. The van der Waals surface area contributed by atoms with E-state index in [1.165, 1.54) is 11.3 Å². The normalized spacial score (nSPS) is 21.0. The minimum Gasteiger partial charge on any atom is -0.461 e. The molecular formula is C32H33NO3. The van der Waals surface area contributed by atoms with Crippen LogP contribution in [0.15, 0.2) is 83.4 Å². The molecule has 1 atom stereocenters. The van der Waals surface area contributed by atoms with Crippen molar-refractivity contribution in [1.29, 1.82) is 0 Å². The first-order chi connectivity index (χ1) is 16.9. The number of Topliss-reactive ketones (excluding diaryl/α,β-unsaturated/α-hetero) is 2. The Bertz CT molecular complexity index is 1370. The molecule has 3 aliphatic rings. The first-order valence-electron chi connectivity index (χ1n) is 12.6. The average molecular weight is 480 g/mol. The Labute approximate surface area is 213 Å². The summed E-state index contributed by atoms with van der Waals surface area (Å²) in [5.74, 6) is 1.33. The van der Waals surface area contributed by atoms with Crippen molar-refractivity contribution in [2.75, 3.05) is 5.32 Å². The summed E-state index contributed by atoms with van der Waals surface area (Å²) < 4.78 is 6.24. The number of rotatable bonds is 2. The summed E-state index contributed by atoms with van der Waals surface area (Å²) in [4.78, 5) is 26.3. The predicted octanol–water partition coefficient (Wildman–Crippen LogP) is 7.62. The van der Waals surface area contributed by atoms with E-state index in [0.717, 1.165) is 12.0 Å². The second kappa shape index (κ2) is 8.48. The van der Waals surface area contributed by atoms with Crippen molar-refractivity contribution in [1.82, 2.24) is 0 Å². The molecule has 2 heterocycles. The maximum absolute atomic E-state index is 13.2. The Balaban J connectivity index is 1.52. The molecule has 1 unspecified atom stereocenters. The number of ketones is 2. The average Bonchev–Trinajstić information content (AvgIpc) is 3.06. The van der Waals surface area contributed by atoms with E-state index in [-0.39, 0.29) is 28.1 Å². The maximum atomic E-state index is 13.2. The summed E-state index contributed by atoms with van der Waals surface area (Å²) in [5.41, 5.74) is 5.11. The number of hydrogen-bond acceptors (Lipinski definition) is 4. The van der Waals surface area contributed by atoms with E-state index in [4.69, 9.17) is 4.74 Å². The number of ether oxygens (including phenoxy) is 1. The van der Waals surface area contributed by atoms with Crippen molar-refractivity contribution < 1.29 is 14.3 Å². The number of allylic oxidation sites excluding steroid dienone is 6. The Kier molecular flexibility index (Phi) is 5.66. The minimum atomic E-state index is -0.295. The third kappa shape index (κ3) is 4.37. The topological polar surface area (TPSA) is 55.4 Å². The molecule has 184 valence electrons. The fourth-order valence-corrected chi connectivity index (χ4v) is 5.31. The quantitative estimate of drug-likeness (QED) is 0.356. The van der Waals surface area contributed by atoms with Gasteiger partial charge in [0, 0.05) is 27.8 Å². The van der Waals surface area contributed by atoms with Crippen molar-refractivity contribution in [2.45, 2.75) is 59.4 Å². The van der Waals surface area contributed by atoms with Gasteiger partial charge in [0.15, 0.2) is 11.6 Å². The summed E-state index contributed by atoms with van der Waals surface area (Å²) >= 11 is 0. The van der Waals surface area contributed by atoms with E-state index in [1.54, 1.807) is 30.3 Å². The zero-order valence-electron chi connectivity index (χ0n) is 21.9. The maximum Gasteiger partial charge on any atom is 0.198 e. The van der Waals surface area contributed by atoms with Crippen LogP contribution in [-0.2, 0) is 4.74 Å². The van der Waals surface area contributed by atoms with Crippen LogP contribution in [0.3, 0.4) is 0 Å². The van der Waals surface area contributed by atoms with Crippen LogP contribution in [0.25, 0.3) is 6.08 Å². The third-order valence-corrected chi connectivity index (χ3v) is 7.05. The lowest BCUT2D eigenvalue weighted by Crippen LogP contribution is -2.36. The zero-order chi connectivity index (χ0) is 25.8. The molecule has 1 aliphatic carbocycles. The summed E-state index contributed by atoms with van der Waals surface area (Å²) in [5, 5.41) is 3.64. The van der Waals surface area contributed by atoms with E-state index in [1.807, 2.05) is 18.2 Å². The van der Waals surface area contributed by atoms with Crippen molar-refractivity contribution in [3.8, 4) is 0 Å². The fourth-order valence-electron chi connectivity index (χ4n) is 5.31. The van der Waals surface area contributed by atoms with Gasteiger partial charge in [-0.15, -0.1) is 0 Å². The summed E-state index contributed by atoms with van der Waals surface area (Å²) in [7, 11) is 0. The number of anilines is 1. The molecule has 5 rings (SSSR count). The molecule has 0 radical (unpaired) electrons. The Hall–Kier alpha value is -3.66. The van der Waals surface area contributed by atoms with Gasteiger partial charge in [-0.05, 0) is 73.2 Å². The van der Waals surface area contributed by atoms with Crippen LogP contribution in [0.5, 0.6) is 0 Å². The molecule has 0 bridgehead atoms. The van der Waals surface area contributed by atoms with Crippen molar-refractivity contribution >= 4 is 23.3 Å². The van der Waals surface area contributed by atoms with Gasteiger partial charge < -0.3 is 10.1 Å². The fraction of sp³-hybridized carbons (Fsp3) is 0.312. The van der Waals surface area contributed by atoms with Gasteiger partial charge in [-0.3, -0.25) is 9.59 Å². The second-order valence-corrected chi connectivity index (χ2v) is 11.7. The molecule has 36 heavy (non-hydrogen) atoms. The molecule has 0 fully saturated rings. The highest BCUT2D eigenvalue weighted by Gasteiger charge is 2.36. The highest BCUT2D eigenvalue weighted by Crippen LogP contribution is 2.40. The van der Waals surface area contributed by atoms with Crippen LogP contribution < -0.4 is 5.32 Å². The van der Waals surface area contributed by atoms with E-state index in [2.05, 4.69) is 65.1 Å². The van der Waals surface area contributed by atoms with Crippen LogP contribution in [0.1, 0.15) is 85.7 Å². The number of carbonyl (C=O) groups is 2. The number of fused-ring (bicyclic) bond motifs is 2. The van der Waals surface area contributed by atoms with Gasteiger partial charge in [-0.1, -0.05) is 64.1 Å². The Morgan fingerprint density at radius 3 is 2.28 bits per heavy atom. The van der Waals surface area contributed by atoms with E-state index in [9.17, 15) is 9.59 Å². The van der Waals surface area contributed by atoms with Gasteiger partial charge in [0.25, 0.3) is 0 Å². The van der Waals surface area contributed by atoms with Crippen molar-refractivity contribution in [3.05, 3.63) is 106 Å². The van der Waals surface area contributed by atoms with Crippen molar-refractivity contribution in [2.24, 2.45) is 5.41 Å². The van der Waals surface area contributed by atoms with Crippen LogP contribution in [0, 0.1) is 5.41 Å². The monoisotopic (exact) mass is 479 g/mol. The lowest BCUT2D eigenvalue weighted by molar-refractivity contribution is 0.0987. The largest absolute Gasteiger partial charge is 0.461 e. The van der Waals surface area contributed by atoms with Gasteiger partial charge in [0.1, 0.15) is 11.5 Å². The predicted molar refractivity (Wildman–Crippen MR) is 145 cm³/mol. The molecule has 2 aromatic carbocycles. The van der Waals surface area contributed by atoms with E-state index >= 15 is 0 Å². The molecule has 0 aromatic heterocycles. The van der Waals surface area contributed by atoms with Gasteiger partial charge in [0.2, 0.25) is 0 Å². The SMILES string of the molecule is CC1CC(C)(C)Nc2ccc(C=CC3=CC(=C4C(=O)c5ccccc5C4=O)C=C(C(C)(C)C)O3)cc21. The van der Waals surface area contributed by atoms with Gasteiger partial charge in [-0.2, -0.15) is 0 Å². The highest BCUT2D eigenvalue weighted by molar-refractivity contribution is 6.40. The van der Waals surface area contributed by atoms with Crippen molar-refractivity contribution in [3.63, 3.8) is 0 Å². The van der Waals surface area contributed by atoms with E-state index in [0.29, 0.717) is 34.1 Å². The zero-order valence-corrected chi connectivity index (χ0v) is 21.9. The molecule has 1 N–H and O–H groups in total. The van der Waals surface area contributed by atoms with Gasteiger partial charge in [0.05, 0.1) is 5.57 Å². The molecule has 2 aliphatic heterocycles. The highest BCUT2D eigenvalue weighted by atomic mass is 16.5.